The number of amides is 1. The lowest BCUT2D eigenvalue weighted by Gasteiger charge is -2.29. The summed E-state index contributed by atoms with van der Waals surface area (Å²) >= 11 is 0. The molecule has 1 aliphatic rings. The zero-order valence-corrected chi connectivity index (χ0v) is 10.8. The predicted octanol–water partition coefficient (Wildman–Crippen LogP) is 2.91. The Balaban J connectivity index is 2.67. The fourth-order valence-electron chi connectivity index (χ4n) is 2.01. The third-order valence-electron chi connectivity index (χ3n) is 3.13. The van der Waals surface area contributed by atoms with Gasteiger partial charge >= 0.3 is 17.9 Å². The molecule has 0 unspecified atom stereocenters. The number of likely N-dealkylation sites (N-methyl/N-ethyl adjacent to an activating group) is 1. The molecule has 0 spiro atoms. The molecule has 0 atom stereocenters. The number of benzene rings is 1. The SMILES string of the molecule is CN1C(=O)C(C(F)(F)F)(C(F)(F)F)N=C1c1ccc(F)cc1. The van der Waals surface area contributed by atoms with Gasteiger partial charge in [-0.1, -0.05) is 0 Å². The molecule has 1 aromatic carbocycles. The van der Waals surface area contributed by atoms with Crippen molar-refractivity contribution >= 4 is 11.7 Å². The number of alkyl halides is 6. The highest BCUT2D eigenvalue weighted by molar-refractivity contribution is 6.15. The van der Waals surface area contributed by atoms with Gasteiger partial charge in [0.2, 0.25) is 0 Å². The molecule has 1 amide bonds. The molecule has 1 aromatic rings. The Morgan fingerprint density at radius 3 is 1.82 bits per heavy atom. The Labute approximate surface area is 119 Å². The second kappa shape index (κ2) is 4.68. The van der Waals surface area contributed by atoms with E-state index in [0.717, 1.165) is 31.3 Å². The van der Waals surface area contributed by atoms with E-state index >= 15 is 0 Å². The summed E-state index contributed by atoms with van der Waals surface area (Å²) in [5, 5.41) is 0. The van der Waals surface area contributed by atoms with Gasteiger partial charge in [-0.2, -0.15) is 26.3 Å². The normalized spacial score (nSPS) is 18.6. The van der Waals surface area contributed by atoms with Crippen molar-refractivity contribution in [2.45, 2.75) is 17.9 Å². The summed E-state index contributed by atoms with van der Waals surface area (Å²) < 4.78 is 90.5. The number of amidine groups is 1. The first-order valence-electron chi connectivity index (χ1n) is 5.69. The molecule has 22 heavy (non-hydrogen) atoms. The zero-order valence-electron chi connectivity index (χ0n) is 10.8. The molecular weight excluding hydrogens is 321 g/mol. The number of aliphatic imine (C=N–C) groups is 1. The van der Waals surface area contributed by atoms with Crippen LogP contribution in [0.15, 0.2) is 29.3 Å². The maximum absolute atomic E-state index is 13.0. The number of rotatable bonds is 1. The number of hydrogen-bond acceptors (Lipinski definition) is 2. The van der Waals surface area contributed by atoms with Gasteiger partial charge in [0.1, 0.15) is 11.7 Å². The van der Waals surface area contributed by atoms with Gasteiger partial charge in [-0.3, -0.25) is 9.69 Å². The summed E-state index contributed by atoms with van der Waals surface area (Å²) in [6, 6.07) is 3.52. The Hall–Kier alpha value is -2.13. The van der Waals surface area contributed by atoms with Gasteiger partial charge in [0.05, 0.1) is 0 Å². The Morgan fingerprint density at radius 2 is 1.45 bits per heavy atom. The summed E-state index contributed by atoms with van der Waals surface area (Å²) in [5.41, 5.74) is -5.09. The Bertz CT molecular complexity index is 616. The van der Waals surface area contributed by atoms with E-state index in [1.165, 1.54) is 0 Å². The molecule has 0 aromatic heterocycles. The number of carbonyl (C=O) groups is 1. The highest BCUT2D eigenvalue weighted by Gasteiger charge is 2.79. The third-order valence-corrected chi connectivity index (χ3v) is 3.13. The molecule has 0 radical (unpaired) electrons. The van der Waals surface area contributed by atoms with E-state index < -0.39 is 35.5 Å². The van der Waals surface area contributed by atoms with Crippen LogP contribution in [0.3, 0.4) is 0 Å². The van der Waals surface area contributed by atoms with Gasteiger partial charge in [-0.25, -0.2) is 9.38 Å². The molecule has 120 valence electrons. The average Bonchev–Trinajstić information content (AvgIpc) is 2.64. The van der Waals surface area contributed by atoms with Crippen LogP contribution in [-0.4, -0.2) is 41.6 Å². The van der Waals surface area contributed by atoms with Gasteiger partial charge in [0.15, 0.2) is 0 Å². The summed E-state index contributed by atoms with van der Waals surface area (Å²) in [6.45, 7) is 0. The second-order valence-electron chi connectivity index (χ2n) is 4.51. The summed E-state index contributed by atoms with van der Waals surface area (Å²) in [6.07, 6.45) is -11.9. The van der Waals surface area contributed by atoms with Crippen LogP contribution in [0.4, 0.5) is 30.7 Å². The molecule has 1 heterocycles. The topological polar surface area (TPSA) is 32.7 Å². The van der Waals surface area contributed by atoms with Crippen LogP contribution in [0.25, 0.3) is 0 Å². The molecule has 10 heteroatoms. The minimum atomic E-state index is -5.96. The van der Waals surface area contributed by atoms with E-state index in [4.69, 9.17) is 0 Å². The fourth-order valence-corrected chi connectivity index (χ4v) is 2.01. The maximum atomic E-state index is 13.0. The van der Waals surface area contributed by atoms with Gasteiger partial charge < -0.3 is 0 Å². The van der Waals surface area contributed by atoms with E-state index in [2.05, 4.69) is 4.99 Å². The monoisotopic (exact) mass is 328 g/mol. The quantitative estimate of drug-likeness (QED) is 0.730. The molecule has 0 fully saturated rings. The Kier molecular flexibility index (Phi) is 3.46. The molecule has 0 saturated carbocycles. The van der Waals surface area contributed by atoms with Gasteiger partial charge in [-0.15, -0.1) is 0 Å². The second-order valence-corrected chi connectivity index (χ2v) is 4.51. The van der Waals surface area contributed by atoms with E-state index in [0.29, 0.717) is 0 Å². The zero-order chi connectivity index (χ0) is 16.9. The fraction of sp³-hybridized carbons (Fsp3) is 0.333. The van der Waals surface area contributed by atoms with Gasteiger partial charge in [-0.05, 0) is 24.3 Å². The van der Waals surface area contributed by atoms with Crippen molar-refractivity contribution < 1.29 is 35.5 Å². The van der Waals surface area contributed by atoms with Crippen molar-refractivity contribution in [3.63, 3.8) is 0 Å². The van der Waals surface area contributed by atoms with E-state index in [9.17, 15) is 35.5 Å². The molecule has 0 bridgehead atoms. The minimum absolute atomic E-state index is 0.161. The summed E-state index contributed by atoms with van der Waals surface area (Å²) in [7, 11) is 0.740. The molecule has 3 nitrogen and oxygen atoms in total. The average molecular weight is 328 g/mol. The van der Waals surface area contributed by atoms with Crippen LogP contribution in [0, 0.1) is 5.82 Å². The van der Waals surface area contributed by atoms with Crippen molar-refractivity contribution in [2.24, 2.45) is 4.99 Å². The predicted molar refractivity (Wildman–Crippen MR) is 60.5 cm³/mol. The number of hydrogen-bond donors (Lipinski definition) is 0. The van der Waals surface area contributed by atoms with Crippen LogP contribution in [-0.2, 0) is 4.79 Å². The first-order chi connectivity index (χ1) is 9.92. The number of halogens is 7. The van der Waals surface area contributed by atoms with Gasteiger partial charge in [0, 0.05) is 12.6 Å². The molecule has 0 saturated heterocycles. The summed E-state index contributed by atoms with van der Waals surface area (Å²) in [4.78, 5) is 14.5. The minimum Gasteiger partial charge on any atom is -0.297 e. The highest BCUT2D eigenvalue weighted by Crippen LogP contribution is 2.49. The lowest BCUT2D eigenvalue weighted by atomic mass is 9.98. The van der Waals surface area contributed by atoms with Crippen LogP contribution in [0.5, 0.6) is 0 Å². The third kappa shape index (κ3) is 2.13. The van der Waals surface area contributed by atoms with Gasteiger partial charge in [0.25, 0.3) is 5.91 Å². The molecule has 2 rings (SSSR count). The first kappa shape index (κ1) is 16.2. The smallest absolute Gasteiger partial charge is 0.297 e. The summed E-state index contributed by atoms with van der Waals surface area (Å²) in [5.74, 6) is -3.83. The van der Waals surface area contributed by atoms with Crippen LogP contribution >= 0.6 is 0 Å². The maximum Gasteiger partial charge on any atom is 0.431 e. The molecule has 1 aliphatic heterocycles. The molecule has 0 aliphatic carbocycles. The van der Waals surface area contributed by atoms with Crippen molar-refractivity contribution in [1.82, 2.24) is 4.90 Å². The van der Waals surface area contributed by atoms with Crippen molar-refractivity contribution in [3.8, 4) is 0 Å². The number of carbonyl (C=O) groups excluding carboxylic acids is 1. The lowest BCUT2D eigenvalue weighted by molar-refractivity contribution is -0.283. The van der Waals surface area contributed by atoms with Crippen molar-refractivity contribution in [2.75, 3.05) is 7.05 Å². The van der Waals surface area contributed by atoms with E-state index in [1.54, 1.807) is 0 Å². The number of nitrogens with zero attached hydrogens (tertiary/aromatic N) is 2. The van der Waals surface area contributed by atoms with Crippen molar-refractivity contribution in [3.05, 3.63) is 35.6 Å². The van der Waals surface area contributed by atoms with Crippen LogP contribution < -0.4 is 0 Å². The first-order valence-corrected chi connectivity index (χ1v) is 5.69. The molecular formula is C12H7F7N2O. The standard InChI is InChI=1S/C12H7F7N2O/c1-21-8(6-2-4-7(13)5-3-6)20-10(9(21)22,11(14,15)16)12(17,18)19/h2-5H,1H3. The molecule has 0 N–H and O–H groups in total. The largest absolute Gasteiger partial charge is 0.431 e. The van der Waals surface area contributed by atoms with E-state index in [-0.39, 0.29) is 10.5 Å². The van der Waals surface area contributed by atoms with E-state index in [1.807, 2.05) is 0 Å². The highest BCUT2D eigenvalue weighted by atomic mass is 19.4. The van der Waals surface area contributed by atoms with Crippen LogP contribution in [0.1, 0.15) is 5.56 Å². The lowest BCUT2D eigenvalue weighted by Crippen LogP contribution is -2.61. The van der Waals surface area contributed by atoms with Crippen LogP contribution in [0.2, 0.25) is 0 Å². The Morgan fingerprint density at radius 1 is 1.00 bits per heavy atom. The van der Waals surface area contributed by atoms with Crippen molar-refractivity contribution in [1.29, 1.82) is 0 Å².